The van der Waals surface area contributed by atoms with Gasteiger partial charge in [0.05, 0.1) is 0 Å². The second-order valence-electron chi connectivity index (χ2n) is 5.78. The summed E-state index contributed by atoms with van der Waals surface area (Å²) >= 11 is 0. The van der Waals surface area contributed by atoms with Crippen LogP contribution in [0, 0.1) is 6.92 Å². The smallest absolute Gasteiger partial charge is 0.0410 e. The van der Waals surface area contributed by atoms with Gasteiger partial charge in [-0.05, 0) is 43.7 Å². The van der Waals surface area contributed by atoms with Crippen LogP contribution in [-0.2, 0) is 6.54 Å². The molecule has 0 aliphatic rings. The van der Waals surface area contributed by atoms with E-state index in [1.807, 2.05) is 0 Å². The summed E-state index contributed by atoms with van der Waals surface area (Å²) in [6, 6.07) is 18.1. The quantitative estimate of drug-likeness (QED) is 0.829. The molecular weight excluding hydrogens is 256 g/mol. The number of aryl methyl sites for hydroxylation is 1. The third-order valence-electron chi connectivity index (χ3n) is 3.62. The van der Waals surface area contributed by atoms with E-state index in [-0.39, 0.29) is 0 Å². The van der Waals surface area contributed by atoms with E-state index in [2.05, 4.69) is 86.4 Å². The molecule has 0 heterocycles. The Morgan fingerprint density at radius 3 is 1.90 bits per heavy atom. The van der Waals surface area contributed by atoms with Crippen molar-refractivity contribution in [3.05, 3.63) is 59.7 Å². The van der Waals surface area contributed by atoms with Gasteiger partial charge < -0.3 is 10.2 Å². The predicted octanol–water partition coefficient (Wildman–Crippen LogP) is 4.65. The van der Waals surface area contributed by atoms with Crippen LogP contribution in [0.2, 0.25) is 0 Å². The molecule has 0 unspecified atom stereocenters. The summed E-state index contributed by atoms with van der Waals surface area (Å²) in [6.45, 7) is 10.5. The van der Waals surface area contributed by atoms with Gasteiger partial charge in [-0.1, -0.05) is 43.7 Å². The lowest BCUT2D eigenvalue weighted by molar-refractivity contribution is 0.589. The summed E-state index contributed by atoms with van der Waals surface area (Å²) in [5, 5.41) is 3.45. The molecule has 0 aliphatic carbocycles. The molecule has 0 radical (unpaired) electrons. The minimum absolute atomic E-state index is 0.518. The highest BCUT2D eigenvalue weighted by molar-refractivity contribution is 5.63. The fourth-order valence-corrected chi connectivity index (χ4v) is 2.35. The second kappa shape index (κ2) is 7.28. The molecule has 0 spiro atoms. The van der Waals surface area contributed by atoms with Gasteiger partial charge in [0.1, 0.15) is 0 Å². The van der Waals surface area contributed by atoms with Crippen LogP contribution in [0.4, 0.5) is 11.4 Å². The Morgan fingerprint density at radius 2 is 1.43 bits per heavy atom. The standard InChI is InChI=1S/C19H26N2/c1-5-21(18-10-6-16(4)7-11-18)19-12-8-17(9-13-19)14-20-15(2)3/h6-13,15,20H,5,14H2,1-4H3. The Kier molecular flexibility index (Phi) is 5.40. The molecule has 112 valence electrons. The topological polar surface area (TPSA) is 15.3 Å². The number of anilines is 2. The zero-order valence-corrected chi connectivity index (χ0v) is 13.6. The highest BCUT2D eigenvalue weighted by Gasteiger charge is 2.07. The molecule has 0 bridgehead atoms. The maximum Gasteiger partial charge on any atom is 0.0410 e. The molecule has 0 atom stereocenters. The Bertz CT molecular complexity index is 541. The first-order valence-electron chi connectivity index (χ1n) is 7.76. The van der Waals surface area contributed by atoms with Crippen LogP contribution in [0.1, 0.15) is 31.9 Å². The average Bonchev–Trinajstić information content (AvgIpc) is 2.49. The summed E-state index contributed by atoms with van der Waals surface area (Å²) in [7, 11) is 0. The van der Waals surface area contributed by atoms with E-state index in [1.165, 1.54) is 22.5 Å². The van der Waals surface area contributed by atoms with E-state index in [0.29, 0.717) is 6.04 Å². The van der Waals surface area contributed by atoms with Crippen LogP contribution in [0.3, 0.4) is 0 Å². The third-order valence-corrected chi connectivity index (χ3v) is 3.62. The van der Waals surface area contributed by atoms with Crippen LogP contribution >= 0.6 is 0 Å². The van der Waals surface area contributed by atoms with Gasteiger partial charge in [0.2, 0.25) is 0 Å². The molecule has 2 aromatic carbocycles. The molecule has 2 rings (SSSR count). The number of hydrogen-bond donors (Lipinski definition) is 1. The van der Waals surface area contributed by atoms with E-state index in [4.69, 9.17) is 0 Å². The first-order valence-corrected chi connectivity index (χ1v) is 7.76. The minimum atomic E-state index is 0.518. The monoisotopic (exact) mass is 282 g/mol. The van der Waals surface area contributed by atoms with Gasteiger partial charge in [0, 0.05) is 30.5 Å². The fourth-order valence-electron chi connectivity index (χ4n) is 2.35. The van der Waals surface area contributed by atoms with Crippen molar-refractivity contribution in [2.75, 3.05) is 11.4 Å². The van der Waals surface area contributed by atoms with Crippen molar-refractivity contribution >= 4 is 11.4 Å². The molecule has 21 heavy (non-hydrogen) atoms. The van der Waals surface area contributed by atoms with Gasteiger partial charge in [0.25, 0.3) is 0 Å². The first kappa shape index (κ1) is 15.6. The summed E-state index contributed by atoms with van der Waals surface area (Å²) in [6.07, 6.45) is 0. The average molecular weight is 282 g/mol. The number of nitrogens with one attached hydrogen (secondary N) is 1. The third kappa shape index (κ3) is 4.33. The highest BCUT2D eigenvalue weighted by atomic mass is 15.1. The van der Waals surface area contributed by atoms with Crippen molar-refractivity contribution in [1.82, 2.24) is 5.32 Å². The molecule has 2 nitrogen and oxygen atoms in total. The fraction of sp³-hybridized carbons (Fsp3) is 0.368. The molecule has 2 aromatic rings. The maximum atomic E-state index is 3.45. The van der Waals surface area contributed by atoms with Crippen molar-refractivity contribution < 1.29 is 0 Å². The lowest BCUT2D eigenvalue weighted by Crippen LogP contribution is -2.22. The van der Waals surface area contributed by atoms with Gasteiger partial charge in [-0.3, -0.25) is 0 Å². The van der Waals surface area contributed by atoms with Crippen LogP contribution in [-0.4, -0.2) is 12.6 Å². The van der Waals surface area contributed by atoms with Crippen LogP contribution in [0.5, 0.6) is 0 Å². The van der Waals surface area contributed by atoms with Gasteiger partial charge in [0.15, 0.2) is 0 Å². The van der Waals surface area contributed by atoms with Gasteiger partial charge in [-0.15, -0.1) is 0 Å². The molecule has 0 fully saturated rings. The van der Waals surface area contributed by atoms with E-state index >= 15 is 0 Å². The number of benzene rings is 2. The molecular formula is C19H26N2. The number of rotatable bonds is 6. The SMILES string of the molecule is CCN(c1ccc(C)cc1)c1ccc(CNC(C)C)cc1. The Hall–Kier alpha value is -1.80. The summed E-state index contributed by atoms with van der Waals surface area (Å²) in [5.74, 6) is 0. The zero-order valence-electron chi connectivity index (χ0n) is 13.6. The van der Waals surface area contributed by atoms with Crippen molar-refractivity contribution in [1.29, 1.82) is 0 Å². The van der Waals surface area contributed by atoms with Gasteiger partial charge in [-0.25, -0.2) is 0 Å². The van der Waals surface area contributed by atoms with Gasteiger partial charge in [-0.2, -0.15) is 0 Å². The molecule has 1 N–H and O–H groups in total. The second-order valence-corrected chi connectivity index (χ2v) is 5.78. The number of hydrogen-bond acceptors (Lipinski definition) is 2. The molecule has 0 amide bonds. The summed E-state index contributed by atoms with van der Waals surface area (Å²) < 4.78 is 0. The Morgan fingerprint density at radius 1 is 0.905 bits per heavy atom. The maximum absolute atomic E-state index is 3.45. The Balaban J connectivity index is 2.13. The minimum Gasteiger partial charge on any atom is -0.342 e. The van der Waals surface area contributed by atoms with Crippen molar-refractivity contribution in [3.63, 3.8) is 0 Å². The lowest BCUT2D eigenvalue weighted by atomic mass is 10.1. The molecule has 0 saturated carbocycles. The van der Waals surface area contributed by atoms with Crippen LogP contribution < -0.4 is 10.2 Å². The Labute approximate surface area is 128 Å². The molecule has 0 saturated heterocycles. The van der Waals surface area contributed by atoms with Crippen molar-refractivity contribution in [3.8, 4) is 0 Å². The van der Waals surface area contributed by atoms with E-state index in [9.17, 15) is 0 Å². The molecule has 0 aromatic heterocycles. The lowest BCUT2D eigenvalue weighted by Gasteiger charge is -2.24. The van der Waals surface area contributed by atoms with Gasteiger partial charge >= 0.3 is 0 Å². The highest BCUT2D eigenvalue weighted by Crippen LogP contribution is 2.25. The summed E-state index contributed by atoms with van der Waals surface area (Å²) in [4.78, 5) is 2.33. The van der Waals surface area contributed by atoms with Crippen molar-refractivity contribution in [2.45, 2.75) is 40.3 Å². The molecule has 2 heteroatoms. The summed E-state index contributed by atoms with van der Waals surface area (Å²) in [5.41, 5.74) is 5.11. The largest absolute Gasteiger partial charge is 0.342 e. The normalized spacial score (nSPS) is 10.9. The molecule has 0 aliphatic heterocycles. The van der Waals surface area contributed by atoms with E-state index in [0.717, 1.165) is 13.1 Å². The zero-order chi connectivity index (χ0) is 15.2. The number of nitrogens with zero attached hydrogens (tertiary/aromatic N) is 1. The van der Waals surface area contributed by atoms with Crippen molar-refractivity contribution in [2.24, 2.45) is 0 Å². The van der Waals surface area contributed by atoms with Crippen LogP contribution in [0.15, 0.2) is 48.5 Å². The predicted molar refractivity (Wildman–Crippen MR) is 92.3 cm³/mol. The van der Waals surface area contributed by atoms with E-state index in [1.54, 1.807) is 0 Å². The van der Waals surface area contributed by atoms with Crippen LogP contribution in [0.25, 0.3) is 0 Å². The van der Waals surface area contributed by atoms with E-state index < -0.39 is 0 Å². The first-order chi connectivity index (χ1) is 10.1.